The van der Waals surface area contributed by atoms with Crippen LogP contribution in [0, 0.1) is 5.95 Å². The molecule has 0 unspecified atom stereocenters. The van der Waals surface area contributed by atoms with Crippen LogP contribution in [0.15, 0.2) is 36.7 Å². The third kappa shape index (κ3) is 4.86. The molecule has 0 aromatic carbocycles. The molecule has 1 saturated heterocycles. The van der Waals surface area contributed by atoms with Crippen molar-refractivity contribution in [1.82, 2.24) is 19.9 Å². The summed E-state index contributed by atoms with van der Waals surface area (Å²) in [5.74, 6) is -0.541. The molecule has 1 fully saturated rings. The summed E-state index contributed by atoms with van der Waals surface area (Å²) in [6.07, 6.45) is 9.22. The number of pyridine rings is 1. The molecule has 0 saturated carbocycles. The first-order chi connectivity index (χ1) is 14.2. The van der Waals surface area contributed by atoms with E-state index < -0.39 is 5.95 Å². The van der Waals surface area contributed by atoms with Crippen LogP contribution in [0.25, 0.3) is 0 Å². The van der Waals surface area contributed by atoms with Crippen LogP contribution in [0.5, 0.6) is 0 Å². The highest BCUT2D eigenvalue weighted by Crippen LogP contribution is 2.27. The molecule has 2 N–H and O–H groups in total. The minimum absolute atomic E-state index is 0.239. The van der Waals surface area contributed by atoms with Gasteiger partial charge in [-0.2, -0.15) is 4.39 Å². The van der Waals surface area contributed by atoms with Crippen LogP contribution in [-0.2, 0) is 0 Å². The maximum atomic E-state index is 13.9. The van der Waals surface area contributed by atoms with E-state index in [1.165, 1.54) is 12.3 Å². The van der Waals surface area contributed by atoms with Crippen molar-refractivity contribution in [2.75, 3.05) is 54.8 Å². The average molecular weight is 397 g/mol. The van der Waals surface area contributed by atoms with Crippen molar-refractivity contribution < 1.29 is 9.18 Å². The first-order valence-corrected chi connectivity index (χ1v) is 9.85. The van der Waals surface area contributed by atoms with Crippen LogP contribution >= 0.6 is 0 Å². The van der Waals surface area contributed by atoms with Crippen LogP contribution in [0.3, 0.4) is 0 Å². The SMILES string of the molecule is O=C1Nc2cnc(F)cc2N2CCN(C/C=C/CCCNc3nccc1n3)CC2. The van der Waals surface area contributed by atoms with E-state index in [1.807, 2.05) is 0 Å². The van der Waals surface area contributed by atoms with Crippen molar-refractivity contribution >= 4 is 23.2 Å². The number of nitrogens with zero attached hydrogens (tertiary/aromatic N) is 5. The molecular weight excluding hydrogens is 373 g/mol. The van der Waals surface area contributed by atoms with Gasteiger partial charge in [-0.25, -0.2) is 15.0 Å². The summed E-state index contributed by atoms with van der Waals surface area (Å²) in [6, 6.07) is 2.92. The molecule has 3 aliphatic heterocycles. The fourth-order valence-electron chi connectivity index (χ4n) is 3.47. The number of anilines is 3. The van der Waals surface area contributed by atoms with Crippen LogP contribution < -0.4 is 15.5 Å². The van der Waals surface area contributed by atoms with Gasteiger partial charge in [-0.05, 0) is 18.9 Å². The Kier molecular flexibility index (Phi) is 5.95. The Morgan fingerprint density at radius 2 is 1.97 bits per heavy atom. The van der Waals surface area contributed by atoms with E-state index in [0.717, 1.165) is 52.1 Å². The summed E-state index contributed by atoms with van der Waals surface area (Å²) >= 11 is 0. The monoisotopic (exact) mass is 397 g/mol. The van der Waals surface area contributed by atoms with Gasteiger partial charge >= 0.3 is 0 Å². The van der Waals surface area contributed by atoms with Crippen molar-refractivity contribution in [3.05, 3.63) is 48.3 Å². The highest BCUT2D eigenvalue weighted by Gasteiger charge is 2.21. The van der Waals surface area contributed by atoms with Gasteiger partial charge in [-0.3, -0.25) is 9.69 Å². The molecule has 4 bridgehead atoms. The average Bonchev–Trinajstić information content (AvgIpc) is 2.74. The van der Waals surface area contributed by atoms with E-state index in [9.17, 15) is 9.18 Å². The van der Waals surface area contributed by atoms with Gasteiger partial charge in [0, 0.05) is 51.5 Å². The normalized spacial score (nSPS) is 19.5. The zero-order chi connectivity index (χ0) is 20.1. The lowest BCUT2D eigenvalue weighted by molar-refractivity contribution is 0.102. The molecular formula is C20H24FN7O. The van der Waals surface area contributed by atoms with E-state index >= 15 is 0 Å². The second-order valence-electron chi connectivity index (χ2n) is 7.07. The van der Waals surface area contributed by atoms with Crippen LogP contribution in [0.1, 0.15) is 23.3 Å². The summed E-state index contributed by atoms with van der Waals surface area (Å²) in [5.41, 5.74) is 1.34. The highest BCUT2D eigenvalue weighted by atomic mass is 19.1. The van der Waals surface area contributed by atoms with Gasteiger partial charge in [0.2, 0.25) is 11.9 Å². The number of carbonyl (C=O) groups is 1. The number of carbonyl (C=O) groups excluding carboxylic acids is 1. The third-order valence-corrected chi connectivity index (χ3v) is 5.06. The predicted molar refractivity (Wildman–Crippen MR) is 110 cm³/mol. The third-order valence-electron chi connectivity index (χ3n) is 5.06. The van der Waals surface area contributed by atoms with Gasteiger partial charge < -0.3 is 15.5 Å². The maximum absolute atomic E-state index is 13.9. The molecule has 0 spiro atoms. The number of aromatic nitrogens is 3. The molecule has 29 heavy (non-hydrogen) atoms. The Balaban J connectivity index is 1.62. The van der Waals surface area contributed by atoms with Crippen LogP contribution in [0.4, 0.5) is 21.7 Å². The Bertz CT molecular complexity index is 896. The largest absolute Gasteiger partial charge is 0.367 e. The van der Waals surface area contributed by atoms with E-state index in [4.69, 9.17) is 0 Å². The molecule has 0 atom stereocenters. The van der Waals surface area contributed by atoms with Crippen LogP contribution in [0.2, 0.25) is 0 Å². The standard InChI is InChI=1S/C20H24FN7O/c21-18-13-17-16(14-24-18)25-19(29)15-5-7-23-20(26-15)22-6-3-1-2-4-8-27-9-11-28(17)12-10-27/h2,4-5,7,13-14H,1,3,6,8-12H2,(H,25,29)(H,22,23,26)/b4-2+. The maximum Gasteiger partial charge on any atom is 0.274 e. The molecule has 0 aliphatic carbocycles. The number of fused-ring (bicyclic) bond motifs is 8. The molecule has 2 aromatic rings. The lowest BCUT2D eigenvalue weighted by atomic mass is 10.2. The summed E-state index contributed by atoms with van der Waals surface area (Å²) in [4.78, 5) is 29.4. The zero-order valence-electron chi connectivity index (χ0n) is 16.1. The predicted octanol–water partition coefficient (Wildman–Crippen LogP) is 2.15. The number of amides is 1. The summed E-state index contributed by atoms with van der Waals surface area (Å²) in [7, 11) is 0. The van der Waals surface area contributed by atoms with Gasteiger partial charge in [0.1, 0.15) is 5.69 Å². The van der Waals surface area contributed by atoms with Gasteiger partial charge in [0.25, 0.3) is 5.91 Å². The Hall–Kier alpha value is -3.07. The van der Waals surface area contributed by atoms with E-state index in [0.29, 0.717) is 17.3 Å². The quantitative estimate of drug-likeness (QED) is 0.520. The first kappa shape index (κ1) is 19.3. The smallest absolute Gasteiger partial charge is 0.274 e. The van der Waals surface area contributed by atoms with Gasteiger partial charge in [-0.1, -0.05) is 12.2 Å². The molecule has 1 amide bonds. The van der Waals surface area contributed by atoms with Crippen molar-refractivity contribution in [2.45, 2.75) is 12.8 Å². The summed E-state index contributed by atoms with van der Waals surface area (Å²) < 4.78 is 13.9. The zero-order valence-corrected chi connectivity index (χ0v) is 16.1. The van der Waals surface area contributed by atoms with Gasteiger partial charge in [0.05, 0.1) is 17.6 Å². The van der Waals surface area contributed by atoms with Gasteiger partial charge in [0.15, 0.2) is 0 Å². The number of rotatable bonds is 0. The Labute approximate surface area is 168 Å². The number of piperazine rings is 1. The second kappa shape index (κ2) is 8.95. The highest BCUT2D eigenvalue weighted by molar-refractivity contribution is 6.04. The molecule has 0 radical (unpaired) electrons. The lowest BCUT2D eigenvalue weighted by Crippen LogP contribution is -2.46. The van der Waals surface area contributed by atoms with E-state index in [-0.39, 0.29) is 11.6 Å². The molecule has 5 heterocycles. The Morgan fingerprint density at radius 1 is 1.10 bits per heavy atom. The van der Waals surface area contributed by atoms with Crippen molar-refractivity contribution in [3.8, 4) is 0 Å². The molecule has 8 nitrogen and oxygen atoms in total. The minimum Gasteiger partial charge on any atom is -0.367 e. The first-order valence-electron chi connectivity index (χ1n) is 9.85. The fourth-order valence-corrected chi connectivity index (χ4v) is 3.47. The van der Waals surface area contributed by atoms with Crippen molar-refractivity contribution in [1.29, 1.82) is 0 Å². The van der Waals surface area contributed by atoms with E-state index in [1.54, 1.807) is 12.3 Å². The van der Waals surface area contributed by atoms with Crippen LogP contribution in [-0.4, -0.2) is 65.0 Å². The molecule has 2 aromatic heterocycles. The Morgan fingerprint density at radius 3 is 2.83 bits per heavy atom. The van der Waals surface area contributed by atoms with E-state index in [2.05, 4.69) is 47.5 Å². The fraction of sp³-hybridized carbons (Fsp3) is 0.400. The minimum atomic E-state index is -0.570. The molecule has 9 heteroatoms. The molecule has 3 aliphatic rings. The number of hydrogen-bond donors (Lipinski definition) is 2. The number of nitrogens with one attached hydrogen (secondary N) is 2. The molecule has 152 valence electrons. The topological polar surface area (TPSA) is 86.3 Å². The molecule has 5 rings (SSSR count). The number of halogens is 1. The second-order valence-corrected chi connectivity index (χ2v) is 7.07. The van der Waals surface area contributed by atoms with Crippen molar-refractivity contribution in [2.24, 2.45) is 0 Å². The lowest BCUT2D eigenvalue weighted by Gasteiger charge is -2.36. The number of allylic oxidation sites excluding steroid dienone is 1. The van der Waals surface area contributed by atoms with Crippen molar-refractivity contribution in [3.63, 3.8) is 0 Å². The number of hydrogen-bond acceptors (Lipinski definition) is 7. The summed E-state index contributed by atoms with van der Waals surface area (Å²) in [5, 5.41) is 5.98. The van der Waals surface area contributed by atoms with Gasteiger partial charge in [-0.15, -0.1) is 0 Å². The summed E-state index contributed by atoms with van der Waals surface area (Å²) in [6.45, 7) is 4.88.